The molecule has 1 aliphatic rings. The van der Waals surface area contributed by atoms with Gasteiger partial charge in [-0.15, -0.1) is 0 Å². The first-order chi connectivity index (χ1) is 11.1. The van der Waals surface area contributed by atoms with Crippen LogP contribution in [0, 0.1) is 16.0 Å². The number of halogens is 4. The molecule has 1 aromatic rings. The Labute approximate surface area is 166 Å². The SMILES string of the molecule is O=C([O-])C1C=CC=CC1(Oc1ccc(C(F)(F)F)cc1Cl)[N+](=O)[O-].[Na+]. The normalized spacial score (nSPS) is 22.2. The van der Waals surface area contributed by atoms with Crippen LogP contribution in [0.25, 0.3) is 0 Å². The predicted octanol–water partition coefficient (Wildman–Crippen LogP) is -0.793. The number of allylic oxidation sites excluding steroid dienone is 2. The van der Waals surface area contributed by atoms with Gasteiger partial charge in [0.1, 0.15) is 11.7 Å². The molecule has 0 N–H and O–H groups in total. The summed E-state index contributed by atoms with van der Waals surface area (Å²) in [5, 5.41) is 22.0. The Balaban J connectivity index is 0.00000312. The van der Waals surface area contributed by atoms with E-state index in [-0.39, 0.29) is 29.6 Å². The second kappa shape index (κ2) is 7.77. The molecule has 0 aliphatic heterocycles. The molecule has 128 valence electrons. The van der Waals surface area contributed by atoms with E-state index in [1.807, 2.05) is 0 Å². The monoisotopic (exact) mass is 385 g/mol. The second-order valence-electron chi connectivity index (χ2n) is 4.79. The van der Waals surface area contributed by atoms with Gasteiger partial charge in [-0.1, -0.05) is 29.8 Å². The maximum Gasteiger partial charge on any atom is 1.00 e. The zero-order valence-corrected chi connectivity index (χ0v) is 15.4. The Morgan fingerprint density at radius 3 is 2.44 bits per heavy atom. The van der Waals surface area contributed by atoms with Gasteiger partial charge in [-0.25, -0.2) is 0 Å². The molecule has 0 spiro atoms. The van der Waals surface area contributed by atoms with Gasteiger partial charge in [0.2, 0.25) is 0 Å². The standard InChI is InChI=1S/C14H9ClF3NO5.Na/c15-10-7-8(14(16,17)18)4-5-11(10)24-13(19(22)23)6-2-1-3-9(13)12(20)21;/h1-7,9H,(H,20,21);/q;+1/p-1. The van der Waals surface area contributed by atoms with E-state index in [0.29, 0.717) is 12.1 Å². The number of nitro groups is 1. The van der Waals surface area contributed by atoms with Crippen molar-refractivity contribution in [2.45, 2.75) is 11.9 Å². The third kappa shape index (κ3) is 4.35. The molecule has 2 atom stereocenters. The average molecular weight is 386 g/mol. The maximum absolute atomic E-state index is 12.6. The van der Waals surface area contributed by atoms with E-state index in [1.165, 1.54) is 12.2 Å². The molecule has 0 radical (unpaired) electrons. The van der Waals surface area contributed by atoms with Crippen molar-refractivity contribution in [1.29, 1.82) is 0 Å². The first-order valence-corrected chi connectivity index (χ1v) is 6.73. The molecule has 11 heteroatoms. The summed E-state index contributed by atoms with van der Waals surface area (Å²) in [6.07, 6.45) is -0.387. The molecule has 0 saturated heterocycles. The van der Waals surface area contributed by atoms with Crippen molar-refractivity contribution in [2.24, 2.45) is 5.92 Å². The van der Waals surface area contributed by atoms with Crippen LogP contribution in [0.2, 0.25) is 5.02 Å². The first kappa shape index (κ1) is 21.5. The van der Waals surface area contributed by atoms with Crippen LogP contribution < -0.4 is 39.4 Å². The summed E-state index contributed by atoms with van der Waals surface area (Å²) < 4.78 is 43.0. The van der Waals surface area contributed by atoms with Crippen LogP contribution in [0.1, 0.15) is 5.56 Å². The molecule has 1 aliphatic carbocycles. The molecule has 0 heterocycles. The number of carbonyl (C=O) groups is 1. The molecular weight excluding hydrogens is 378 g/mol. The fourth-order valence-electron chi connectivity index (χ4n) is 2.10. The van der Waals surface area contributed by atoms with E-state index in [0.717, 1.165) is 18.2 Å². The largest absolute Gasteiger partial charge is 1.00 e. The van der Waals surface area contributed by atoms with Gasteiger partial charge in [0.05, 0.1) is 21.5 Å². The van der Waals surface area contributed by atoms with Crippen molar-refractivity contribution < 1.29 is 62.3 Å². The van der Waals surface area contributed by atoms with Crippen molar-refractivity contribution in [3.8, 4) is 5.75 Å². The number of rotatable bonds is 4. The Hall–Kier alpha value is -1.55. The Morgan fingerprint density at radius 2 is 1.96 bits per heavy atom. The molecule has 0 fully saturated rings. The predicted molar refractivity (Wildman–Crippen MR) is 73.6 cm³/mol. The summed E-state index contributed by atoms with van der Waals surface area (Å²) >= 11 is 5.70. The van der Waals surface area contributed by atoms with Gasteiger partial charge >= 0.3 is 41.5 Å². The van der Waals surface area contributed by atoms with Crippen molar-refractivity contribution in [1.82, 2.24) is 0 Å². The Bertz CT molecular complexity index is 752. The summed E-state index contributed by atoms with van der Waals surface area (Å²) in [4.78, 5) is 21.6. The van der Waals surface area contributed by atoms with Gasteiger partial charge in [-0.05, 0) is 18.2 Å². The average Bonchev–Trinajstić information content (AvgIpc) is 2.48. The van der Waals surface area contributed by atoms with Gasteiger partial charge in [0.25, 0.3) is 0 Å². The van der Waals surface area contributed by atoms with Crippen molar-refractivity contribution in [3.05, 3.63) is 63.2 Å². The van der Waals surface area contributed by atoms with Crippen LogP contribution in [-0.4, -0.2) is 16.6 Å². The zero-order chi connectivity index (χ0) is 18.1. The molecule has 0 amide bonds. The minimum Gasteiger partial charge on any atom is -0.549 e. The van der Waals surface area contributed by atoms with Crippen molar-refractivity contribution in [2.75, 3.05) is 0 Å². The number of ether oxygens (including phenoxy) is 1. The third-order valence-corrected chi connectivity index (χ3v) is 3.56. The molecule has 25 heavy (non-hydrogen) atoms. The summed E-state index contributed by atoms with van der Waals surface area (Å²) in [5.41, 5.74) is -3.66. The van der Waals surface area contributed by atoms with Crippen LogP contribution in [0.3, 0.4) is 0 Å². The van der Waals surface area contributed by atoms with Gasteiger partial charge in [0.15, 0.2) is 0 Å². The molecule has 0 saturated carbocycles. The first-order valence-electron chi connectivity index (χ1n) is 6.35. The summed E-state index contributed by atoms with van der Waals surface area (Å²) in [6.45, 7) is 0. The number of carbonyl (C=O) groups excluding carboxylic acids is 1. The fourth-order valence-corrected chi connectivity index (χ4v) is 2.32. The van der Waals surface area contributed by atoms with Crippen LogP contribution in [0.15, 0.2) is 42.5 Å². The molecule has 1 aromatic carbocycles. The minimum atomic E-state index is -4.66. The molecular formula is C14H8ClF3NNaO5. The molecule has 2 rings (SSSR count). The van der Waals surface area contributed by atoms with Crippen molar-refractivity contribution >= 4 is 17.6 Å². The number of hydrogen-bond acceptors (Lipinski definition) is 5. The minimum absolute atomic E-state index is 0. The van der Waals surface area contributed by atoms with Crippen LogP contribution in [0.5, 0.6) is 5.75 Å². The quantitative estimate of drug-likeness (QED) is 0.293. The van der Waals surface area contributed by atoms with Crippen LogP contribution in [0.4, 0.5) is 13.2 Å². The Kier molecular flexibility index (Phi) is 6.68. The number of benzene rings is 1. The van der Waals surface area contributed by atoms with Crippen molar-refractivity contribution in [3.63, 3.8) is 0 Å². The Morgan fingerprint density at radius 1 is 1.32 bits per heavy atom. The number of carboxylic acid groups (broad SMARTS) is 1. The van der Waals surface area contributed by atoms with Gasteiger partial charge < -0.3 is 14.6 Å². The molecule has 0 aromatic heterocycles. The van der Waals surface area contributed by atoms with E-state index in [2.05, 4.69) is 0 Å². The maximum atomic E-state index is 12.6. The van der Waals surface area contributed by atoms with E-state index in [4.69, 9.17) is 16.3 Å². The fraction of sp³-hybridized carbons (Fsp3) is 0.214. The van der Waals surface area contributed by atoms with E-state index in [1.54, 1.807) is 0 Å². The van der Waals surface area contributed by atoms with E-state index < -0.39 is 45.0 Å². The molecule has 6 nitrogen and oxygen atoms in total. The van der Waals surface area contributed by atoms with E-state index in [9.17, 15) is 33.2 Å². The molecule has 0 bridgehead atoms. The number of hydrogen-bond donors (Lipinski definition) is 0. The number of alkyl halides is 3. The van der Waals surface area contributed by atoms with Gasteiger partial charge in [-0.3, -0.25) is 10.1 Å². The van der Waals surface area contributed by atoms with Crippen LogP contribution in [-0.2, 0) is 11.0 Å². The summed E-state index contributed by atoms with van der Waals surface area (Å²) in [7, 11) is 0. The smallest absolute Gasteiger partial charge is 0.549 e. The second-order valence-corrected chi connectivity index (χ2v) is 5.20. The van der Waals surface area contributed by atoms with Gasteiger partial charge in [0, 0.05) is 6.08 Å². The third-order valence-electron chi connectivity index (χ3n) is 3.27. The number of carboxylic acids is 1. The molecule has 2 unspecified atom stereocenters. The van der Waals surface area contributed by atoms with E-state index >= 15 is 0 Å². The van der Waals surface area contributed by atoms with Gasteiger partial charge in [-0.2, -0.15) is 13.2 Å². The summed E-state index contributed by atoms with van der Waals surface area (Å²) in [6, 6.07) is 1.93. The van der Waals surface area contributed by atoms with Crippen LogP contribution >= 0.6 is 11.6 Å². The number of aliphatic carboxylic acids is 1. The number of nitrogens with zero attached hydrogens (tertiary/aromatic N) is 1. The summed E-state index contributed by atoms with van der Waals surface area (Å²) in [5.74, 6) is -4.04. The topological polar surface area (TPSA) is 92.5 Å². The zero-order valence-electron chi connectivity index (χ0n) is 12.6.